The fourth-order valence-corrected chi connectivity index (χ4v) is 3.72. The average molecular weight is 475 g/mol. The van der Waals surface area contributed by atoms with Crippen molar-refractivity contribution in [1.29, 1.82) is 0 Å². The first-order chi connectivity index (χ1) is 17.0. The lowest BCUT2D eigenvalue weighted by atomic mass is 9.97. The number of benzene rings is 3. The van der Waals surface area contributed by atoms with Crippen LogP contribution in [0.5, 0.6) is 5.75 Å². The van der Waals surface area contributed by atoms with Crippen molar-refractivity contribution in [2.24, 2.45) is 11.5 Å². The molecule has 3 aromatic rings. The molecule has 0 aromatic heterocycles. The van der Waals surface area contributed by atoms with E-state index in [1.54, 1.807) is 0 Å². The Balaban J connectivity index is 1.58. The molecular weight excluding hydrogens is 440 g/mol. The van der Waals surface area contributed by atoms with E-state index in [1.807, 2.05) is 85.8 Å². The maximum Gasteiger partial charge on any atom is 0.237 e. The quantitative estimate of drug-likeness (QED) is 0.322. The summed E-state index contributed by atoms with van der Waals surface area (Å²) < 4.78 is 5.45. The van der Waals surface area contributed by atoms with Gasteiger partial charge in [0.05, 0.1) is 18.6 Å². The van der Waals surface area contributed by atoms with Crippen molar-refractivity contribution in [2.45, 2.75) is 38.4 Å². The molecule has 184 valence electrons. The monoisotopic (exact) mass is 474 g/mol. The van der Waals surface area contributed by atoms with Crippen molar-refractivity contribution in [3.05, 3.63) is 101 Å². The van der Waals surface area contributed by atoms with Crippen molar-refractivity contribution in [3.8, 4) is 5.75 Å². The van der Waals surface area contributed by atoms with Gasteiger partial charge >= 0.3 is 0 Å². The SMILES string of the molecule is CCOc1ccc(C[C@@H](N)C(=O)NC[C@H](C(=O)NCc2ccc(CN)cc2)c2ccccc2)cc1. The highest BCUT2D eigenvalue weighted by Gasteiger charge is 2.23. The highest BCUT2D eigenvalue weighted by Crippen LogP contribution is 2.16. The first kappa shape index (κ1) is 25.9. The molecule has 0 radical (unpaired) electrons. The Hall–Kier alpha value is -3.68. The second-order valence-electron chi connectivity index (χ2n) is 8.33. The van der Waals surface area contributed by atoms with Crippen LogP contribution in [0, 0.1) is 0 Å². The highest BCUT2D eigenvalue weighted by molar-refractivity contribution is 5.86. The lowest BCUT2D eigenvalue weighted by Gasteiger charge is -2.20. The summed E-state index contributed by atoms with van der Waals surface area (Å²) in [6, 6.07) is 24.0. The molecule has 0 spiro atoms. The van der Waals surface area contributed by atoms with Gasteiger partial charge in [0, 0.05) is 19.6 Å². The number of carbonyl (C=O) groups is 2. The number of nitrogens with two attached hydrogens (primary N) is 2. The molecule has 0 aliphatic rings. The Labute approximate surface area is 206 Å². The number of carbonyl (C=O) groups excluding carboxylic acids is 2. The topological polar surface area (TPSA) is 119 Å². The van der Waals surface area contributed by atoms with E-state index < -0.39 is 12.0 Å². The van der Waals surface area contributed by atoms with Crippen LogP contribution in [-0.4, -0.2) is 31.0 Å². The molecule has 0 aliphatic heterocycles. The third-order valence-electron chi connectivity index (χ3n) is 5.75. The Bertz CT molecular complexity index is 1070. The maximum absolute atomic E-state index is 13.1. The van der Waals surface area contributed by atoms with Crippen LogP contribution in [0.4, 0.5) is 0 Å². The van der Waals surface area contributed by atoms with Gasteiger partial charge in [0.2, 0.25) is 11.8 Å². The van der Waals surface area contributed by atoms with E-state index >= 15 is 0 Å². The van der Waals surface area contributed by atoms with E-state index in [-0.39, 0.29) is 18.4 Å². The van der Waals surface area contributed by atoms with E-state index in [2.05, 4.69) is 10.6 Å². The van der Waals surface area contributed by atoms with Gasteiger partial charge < -0.3 is 26.8 Å². The molecule has 3 rings (SSSR count). The van der Waals surface area contributed by atoms with Crippen LogP contribution in [0.1, 0.15) is 35.1 Å². The molecule has 35 heavy (non-hydrogen) atoms. The molecular formula is C28H34N4O3. The van der Waals surface area contributed by atoms with Crippen LogP contribution in [0.25, 0.3) is 0 Å². The number of rotatable bonds is 12. The van der Waals surface area contributed by atoms with Gasteiger partial charge in [-0.25, -0.2) is 0 Å². The highest BCUT2D eigenvalue weighted by atomic mass is 16.5. The molecule has 2 amide bonds. The number of nitrogens with one attached hydrogen (secondary N) is 2. The van der Waals surface area contributed by atoms with Gasteiger partial charge in [-0.2, -0.15) is 0 Å². The molecule has 0 bridgehead atoms. The zero-order valence-electron chi connectivity index (χ0n) is 20.1. The third kappa shape index (κ3) is 7.95. The van der Waals surface area contributed by atoms with Crippen molar-refractivity contribution in [2.75, 3.05) is 13.2 Å². The van der Waals surface area contributed by atoms with Crippen LogP contribution in [0.2, 0.25) is 0 Å². The van der Waals surface area contributed by atoms with Crippen molar-refractivity contribution in [1.82, 2.24) is 10.6 Å². The summed E-state index contributed by atoms with van der Waals surface area (Å²) in [4.78, 5) is 25.8. The van der Waals surface area contributed by atoms with Gasteiger partial charge in [0.25, 0.3) is 0 Å². The Morgan fingerprint density at radius 3 is 2.09 bits per heavy atom. The fourth-order valence-electron chi connectivity index (χ4n) is 3.72. The number of amides is 2. The van der Waals surface area contributed by atoms with Crippen molar-refractivity contribution >= 4 is 11.8 Å². The molecule has 0 aliphatic carbocycles. The summed E-state index contributed by atoms with van der Waals surface area (Å²) in [6.45, 7) is 3.54. The standard InChI is InChI=1S/C28H34N4O3/c1-2-35-24-14-12-20(13-15-24)16-26(30)28(34)32-19-25(23-6-4-3-5-7-23)27(33)31-18-22-10-8-21(17-29)9-11-22/h3-15,25-26H,2,16-19,29-30H2,1H3,(H,31,33)(H,32,34)/t25-,26+/m0/s1. The summed E-state index contributed by atoms with van der Waals surface area (Å²) >= 11 is 0. The van der Waals surface area contributed by atoms with Crippen LogP contribution in [0.3, 0.4) is 0 Å². The van der Waals surface area contributed by atoms with Crippen LogP contribution >= 0.6 is 0 Å². The molecule has 3 aromatic carbocycles. The fraction of sp³-hybridized carbons (Fsp3) is 0.286. The van der Waals surface area contributed by atoms with Crippen LogP contribution in [-0.2, 0) is 29.1 Å². The molecule has 0 saturated heterocycles. The van der Waals surface area contributed by atoms with E-state index in [4.69, 9.17) is 16.2 Å². The van der Waals surface area contributed by atoms with Gasteiger partial charge in [-0.3, -0.25) is 9.59 Å². The second-order valence-corrected chi connectivity index (χ2v) is 8.33. The van der Waals surface area contributed by atoms with E-state index in [9.17, 15) is 9.59 Å². The molecule has 0 saturated carbocycles. The van der Waals surface area contributed by atoms with Crippen molar-refractivity contribution < 1.29 is 14.3 Å². The first-order valence-electron chi connectivity index (χ1n) is 11.9. The zero-order chi connectivity index (χ0) is 25.0. The minimum absolute atomic E-state index is 0.151. The molecule has 0 heterocycles. The number of ether oxygens (including phenoxy) is 1. The molecule has 6 N–H and O–H groups in total. The summed E-state index contributed by atoms with van der Waals surface area (Å²) in [6.07, 6.45) is 0.388. The second kappa shape index (κ2) is 13.3. The smallest absolute Gasteiger partial charge is 0.237 e. The van der Waals surface area contributed by atoms with Gasteiger partial charge in [0.1, 0.15) is 5.75 Å². The summed E-state index contributed by atoms with van der Waals surface area (Å²) in [7, 11) is 0. The van der Waals surface area contributed by atoms with Crippen LogP contribution in [0.15, 0.2) is 78.9 Å². The molecule has 0 fully saturated rings. The van der Waals surface area contributed by atoms with Crippen molar-refractivity contribution in [3.63, 3.8) is 0 Å². The Morgan fingerprint density at radius 1 is 0.829 bits per heavy atom. The average Bonchev–Trinajstić information content (AvgIpc) is 2.89. The predicted octanol–water partition coefficient (Wildman–Crippen LogP) is 2.63. The summed E-state index contributed by atoms with van der Waals surface area (Å²) in [5.74, 6) is -0.230. The number of hydrogen-bond donors (Lipinski definition) is 4. The lowest BCUT2D eigenvalue weighted by Crippen LogP contribution is -2.45. The van der Waals surface area contributed by atoms with Crippen LogP contribution < -0.4 is 26.8 Å². The van der Waals surface area contributed by atoms with Gasteiger partial charge in [-0.15, -0.1) is 0 Å². The third-order valence-corrected chi connectivity index (χ3v) is 5.75. The number of hydrogen-bond acceptors (Lipinski definition) is 5. The van der Waals surface area contributed by atoms with Gasteiger partial charge in [-0.1, -0.05) is 66.7 Å². The predicted molar refractivity (Wildman–Crippen MR) is 138 cm³/mol. The zero-order valence-corrected chi connectivity index (χ0v) is 20.1. The van der Waals surface area contributed by atoms with E-state index in [0.29, 0.717) is 26.1 Å². The minimum Gasteiger partial charge on any atom is -0.494 e. The summed E-state index contributed by atoms with van der Waals surface area (Å²) in [5.41, 5.74) is 15.6. The maximum atomic E-state index is 13.1. The first-order valence-corrected chi connectivity index (χ1v) is 11.9. The largest absolute Gasteiger partial charge is 0.494 e. The summed E-state index contributed by atoms with van der Waals surface area (Å²) in [5, 5.41) is 5.84. The molecule has 2 atom stereocenters. The molecule has 7 heteroatoms. The lowest BCUT2D eigenvalue weighted by molar-refractivity contribution is -0.124. The molecule has 7 nitrogen and oxygen atoms in total. The normalized spacial score (nSPS) is 12.4. The Morgan fingerprint density at radius 2 is 1.46 bits per heavy atom. The van der Waals surface area contributed by atoms with Gasteiger partial charge in [-0.05, 0) is 47.7 Å². The van der Waals surface area contributed by atoms with Gasteiger partial charge in [0.15, 0.2) is 0 Å². The Kier molecular flexibility index (Phi) is 9.83. The minimum atomic E-state index is -0.728. The van der Waals surface area contributed by atoms with E-state index in [1.165, 1.54) is 0 Å². The van der Waals surface area contributed by atoms with E-state index in [0.717, 1.165) is 28.0 Å². The molecule has 0 unspecified atom stereocenters.